The number of hydrogen-bond donors (Lipinski definition) is 3. The van der Waals surface area contributed by atoms with Crippen LogP contribution in [-0.2, 0) is 14.4 Å². The Kier molecular flexibility index (Phi) is 6.68. The number of carboxylic acid groups (broad SMARTS) is 1. The molecule has 0 fully saturated rings. The second-order valence-electron chi connectivity index (χ2n) is 4.38. The van der Waals surface area contributed by atoms with Gasteiger partial charge in [-0.25, -0.2) is 4.39 Å². The molecule has 0 saturated heterocycles. The van der Waals surface area contributed by atoms with Crippen LogP contribution >= 0.6 is 0 Å². The summed E-state index contributed by atoms with van der Waals surface area (Å²) in [4.78, 5) is 44.5. The van der Waals surface area contributed by atoms with Crippen molar-refractivity contribution in [2.24, 2.45) is 0 Å². The molecule has 0 spiro atoms. The van der Waals surface area contributed by atoms with Gasteiger partial charge in [0.15, 0.2) is 5.78 Å². The van der Waals surface area contributed by atoms with Gasteiger partial charge in [-0.3, -0.25) is 19.2 Å². The Hall–Kier alpha value is -2.77. The highest BCUT2D eigenvalue weighted by molar-refractivity contribution is 5.98. The van der Waals surface area contributed by atoms with Gasteiger partial charge in [0.25, 0.3) is 0 Å². The lowest BCUT2D eigenvalue weighted by Gasteiger charge is -2.05. The minimum atomic E-state index is -1.19. The van der Waals surface area contributed by atoms with Crippen molar-refractivity contribution >= 4 is 23.6 Å². The molecule has 0 radical (unpaired) electrons. The number of nitrogens with one attached hydrogen (secondary N) is 2. The zero-order valence-electron chi connectivity index (χ0n) is 11.6. The van der Waals surface area contributed by atoms with Crippen LogP contribution in [0.5, 0.6) is 0 Å². The Morgan fingerprint density at radius 3 is 2.09 bits per heavy atom. The number of amides is 2. The Bertz CT molecular complexity index is 571. The first-order valence-corrected chi connectivity index (χ1v) is 6.42. The summed E-state index contributed by atoms with van der Waals surface area (Å²) in [6.07, 6.45) is -0.198. The summed E-state index contributed by atoms with van der Waals surface area (Å²) in [6, 6.07) is 4.96. The van der Waals surface area contributed by atoms with Crippen molar-refractivity contribution in [1.29, 1.82) is 0 Å². The van der Waals surface area contributed by atoms with Crippen LogP contribution in [0.25, 0.3) is 0 Å². The Balaban J connectivity index is 2.28. The third kappa shape index (κ3) is 6.60. The minimum Gasteiger partial charge on any atom is -0.480 e. The maximum atomic E-state index is 12.7. The summed E-state index contributed by atoms with van der Waals surface area (Å²) in [7, 11) is 0. The number of hydrogen-bond acceptors (Lipinski definition) is 4. The lowest BCUT2D eigenvalue weighted by Crippen LogP contribution is -2.39. The molecule has 22 heavy (non-hydrogen) atoms. The van der Waals surface area contributed by atoms with Crippen molar-refractivity contribution in [1.82, 2.24) is 10.6 Å². The van der Waals surface area contributed by atoms with E-state index in [1.54, 1.807) is 0 Å². The van der Waals surface area contributed by atoms with Crippen molar-refractivity contribution in [3.05, 3.63) is 35.6 Å². The fourth-order valence-electron chi connectivity index (χ4n) is 1.51. The average molecular weight is 310 g/mol. The molecule has 0 saturated carbocycles. The van der Waals surface area contributed by atoms with Gasteiger partial charge in [-0.15, -0.1) is 0 Å². The molecule has 0 unspecified atom stereocenters. The number of Topliss-reactive ketones (excluding diaryl/α,β-unsaturated/α-hetero) is 1. The van der Waals surface area contributed by atoms with Gasteiger partial charge in [0.1, 0.15) is 12.4 Å². The predicted octanol–water partition coefficient (Wildman–Crippen LogP) is 0.106. The quantitative estimate of drug-likeness (QED) is 0.590. The van der Waals surface area contributed by atoms with E-state index in [1.165, 1.54) is 12.1 Å². The second kappa shape index (κ2) is 8.50. The van der Waals surface area contributed by atoms with Gasteiger partial charge in [-0.2, -0.15) is 0 Å². The molecular weight excluding hydrogens is 295 g/mol. The molecule has 0 aliphatic rings. The van der Waals surface area contributed by atoms with Gasteiger partial charge in [0.05, 0.1) is 6.54 Å². The zero-order chi connectivity index (χ0) is 16.5. The highest BCUT2D eigenvalue weighted by Gasteiger charge is 2.11. The van der Waals surface area contributed by atoms with Crippen LogP contribution in [-0.4, -0.2) is 41.8 Å². The first-order chi connectivity index (χ1) is 10.4. The van der Waals surface area contributed by atoms with Gasteiger partial charge >= 0.3 is 5.97 Å². The van der Waals surface area contributed by atoms with Crippen LogP contribution in [0.1, 0.15) is 23.2 Å². The van der Waals surface area contributed by atoms with Crippen LogP contribution in [0.4, 0.5) is 4.39 Å². The van der Waals surface area contributed by atoms with Crippen LogP contribution in [0.3, 0.4) is 0 Å². The average Bonchev–Trinajstić information content (AvgIpc) is 2.49. The molecule has 0 bridgehead atoms. The fraction of sp³-hybridized carbons (Fsp3) is 0.286. The van der Waals surface area contributed by atoms with Gasteiger partial charge in [0, 0.05) is 18.4 Å². The van der Waals surface area contributed by atoms with E-state index in [-0.39, 0.29) is 25.2 Å². The molecule has 0 aromatic heterocycles. The molecule has 1 aromatic rings. The van der Waals surface area contributed by atoms with E-state index in [0.717, 1.165) is 12.1 Å². The first-order valence-electron chi connectivity index (χ1n) is 6.42. The molecule has 0 aliphatic heterocycles. The molecule has 8 heteroatoms. The predicted molar refractivity (Wildman–Crippen MR) is 73.6 cm³/mol. The maximum Gasteiger partial charge on any atom is 0.322 e. The van der Waals surface area contributed by atoms with Crippen molar-refractivity contribution in [3.63, 3.8) is 0 Å². The summed E-state index contributed by atoms with van der Waals surface area (Å²) in [6.45, 7) is -0.894. The number of halogens is 1. The molecule has 0 aliphatic carbocycles. The summed E-state index contributed by atoms with van der Waals surface area (Å²) >= 11 is 0. The first kappa shape index (κ1) is 17.3. The number of aliphatic carboxylic acids is 1. The van der Waals surface area contributed by atoms with Crippen LogP contribution in [0.15, 0.2) is 24.3 Å². The molecule has 1 aromatic carbocycles. The second-order valence-corrected chi connectivity index (χ2v) is 4.38. The van der Waals surface area contributed by atoms with E-state index >= 15 is 0 Å². The van der Waals surface area contributed by atoms with E-state index in [2.05, 4.69) is 10.6 Å². The Morgan fingerprint density at radius 2 is 1.50 bits per heavy atom. The molecular formula is C14H15FN2O5. The monoisotopic (exact) mass is 310 g/mol. The Morgan fingerprint density at radius 1 is 0.909 bits per heavy atom. The van der Waals surface area contributed by atoms with E-state index in [1.807, 2.05) is 0 Å². The lowest BCUT2D eigenvalue weighted by molar-refractivity contribution is -0.137. The van der Waals surface area contributed by atoms with Crippen LogP contribution in [0.2, 0.25) is 0 Å². The van der Waals surface area contributed by atoms with Crippen molar-refractivity contribution in [2.45, 2.75) is 12.8 Å². The topological polar surface area (TPSA) is 113 Å². The van der Waals surface area contributed by atoms with Gasteiger partial charge in [-0.05, 0) is 24.3 Å². The van der Waals surface area contributed by atoms with Crippen molar-refractivity contribution < 1.29 is 28.7 Å². The van der Waals surface area contributed by atoms with E-state index in [9.17, 15) is 23.6 Å². The molecule has 7 nitrogen and oxygen atoms in total. The van der Waals surface area contributed by atoms with Crippen LogP contribution in [0, 0.1) is 5.82 Å². The number of carboxylic acids is 1. The Labute approximate surface area is 125 Å². The normalized spacial score (nSPS) is 9.86. The van der Waals surface area contributed by atoms with Crippen LogP contribution < -0.4 is 10.6 Å². The molecule has 1 rings (SSSR count). The molecule has 2 amide bonds. The highest BCUT2D eigenvalue weighted by Crippen LogP contribution is 2.07. The molecule has 118 valence electrons. The molecule has 3 N–H and O–H groups in total. The summed E-state index contributed by atoms with van der Waals surface area (Å²) in [5, 5.41) is 12.7. The van der Waals surface area contributed by atoms with E-state index in [4.69, 9.17) is 5.11 Å². The fourth-order valence-corrected chi connectivity index (χ4v) is 1.51. The van der Waals surface area contributed by atoms with Crippen molar-refractivity contribution in [2.75, 3.05) is 13.1 Å². The zero-order valence-corrected chi connectivity index (χ0v) is 11.6. The third-order valence-electron chi connectivity index (χ3n) is 2.63. The number of rotatable bonds is 8. The van der Waals surface area contributed by atoms with Crippen molar-refractivity contribution in [3.8, 4) is 0 Å². The van der Waals surface area contributed by atoms with Gasteiger partial charge in [0.2, 0.25) is 11.8 Å². The standard InChI is InChI=1S/C14H15FN2O5/c15-10-3-1-9(2-4-10)11(18)5-6-12(19)16-7-13(20)17-8-14(21)22/h1-4H,5-8H2,(H,16,19)(H,17,20)(H,21,22). The number of benzene rings is 1. The van der Waals surface area contributed by atoms with E-state index in [0.29, 0.717) is 5.56 Å². The lowest BCUT2D eigenvalue weighted by atomic mass is 10.1. The SMILES string of the molecule is O=C(O)CNC(=O)CNC(=O)CCC(=O)c1ccc(F)cc1. The summed E-state index contributed by atoms with van der Waals surface area (Å²) in [5.41, 5.74) is 0.299. The summed E-state index contributed by atoms with van der Waals surface area (Å²) in [5.74, 6) is -3.11. The highest BCUT2D eigenvalue weighted by atomic mass is 19.1. The largest absolute Gasteiger partial charge is 0.480 e. The number of carbonyl (C=O) groups is 4. The molecule has 0 heterocycles. The minimum absolute atomic E-state index is 0.0752. The number of ketones is 1. The van der Waals surface area contributed by atoms with Gasteiger partial charge < -0.3 is 15.7 Å². The van der Waals surface area contributed by atoms with E-state index < -0.39 is 30.1 Å². The third-order valence-corrected chi connectivity index (χ3v) is 2.63. The smallest absolute Gasteiger partial charge is 0.322 e. The number of carbonyl (C=O) groups excluding carboxylic acids is 3. The van der Waals surface area contributed by atoms with Gasteiger partial charge in [-0.1, -0.05) is 0 Å². The maximum absolute atomic E-state index is 12.7. The summed E-state index contributed by atoms with van der Waals surface area (Å²) < 4.78 is 12.7. The molecule has 0 atom stereocenters.